The fraction of sp³-hybridized carbons (Fsp3) is 0.636. The molecule has 1 aliphatic rings. The van der Waals surface area contributed by atoms with E-state index in [1.807, 2.05) is 0 Å². The largest absolute Gasteiger partial charge is 0.351 e. The van der Waals surface area contributed by atoms with E-state index in [0.29, 0.717) is 5.41 Å². The summed E-state index contributed by atoms with van der Waals surface area (Å²) in [6, 6.07) is 4.98. The van der Waals surface area contributed by atoms with Gasteiger partial charge >= 0.3 is 0 Å². The first kappa shape index (κ1) is 7.90. The van der Waals surface area contributed by atoms with Crippen molar-refractivity contribution in [3.8, 4) is 0 Å². The summed E-state index contributed by atoms with van der Waals surface area (Å²) in [5.74, 6) is 0.796. The molecule has 0 radical (unpaired) electrons. The first-order valence-electron chi connectivity index (χ1n) is 4.77. The lowest BCUT2D eigenvalue weighted by molar-refractivity contribution is 0.356. The summed E-state index contributed by atoms with van der Waals surface area (Å²) < 4.78 is 2.35. The molecule has 12 heavy (non-hydrogen) atoms. The van der Waals surface area contributed by atoms with Crippen LogP contribution in [-0.2, 0) is 0 Å². The van der Waals surface area contributed by atoms with Gasteiger partial charge < -0.3 is 4.57 Å². The van der Waals surface area contributed by atoms with E-state index < -0.39 is 0 Å². The van der Waals surface area contributed by atoms with E-state index in [0.717, 1.165) is 12.0 Å². The molecular formula is C11H17N. The van der Waals surface area contributed by atoms with Crippen LogP contribution >= 0.6 is 0 Å². The quantitative estimate of drug-likeness (QED) is 0.631. The van der Waals surface area contributed by atoms with Crippen LogP contribution in [0.4, 0.5) is 0 Å². The summed E-state index contributed by atoms with van der Waals surface area (Å²) in [4.78, 5) is 0. The van der Waals surface area contributed by atoms with Crippen molar-refractivity contribution in [2.45, 2.75) is 33.2 Å². The van der Waals surface area contributed by atoms with Crippen LogP contribution in [0, 0.1) is 11.3 Å². The van der Waals surface area contributed by atoms with Crippen molar-refractivity contribution in [1.82, 2.24) is 4.57 Å². The molecular weight excluding hydrogens is 146 g/mol. The highest BCUT2D eigenvalue weighted by Crippen LogP contribution is 2.60. The molecule has 0 saturated heterocycles. The first-order chi connectivity index (χ1) is 5.64. The van der Waals surface area contributed by atoms with E-state index in [-0.39, 0.29) is 0 Å². The Balaban J connectivity index is 2.14. The molecule has 2 atom stereocenters. The predicted octanol–water partition coefficient (Wildman–Crippen LogP) is 3.10. The van der Waals surface area contributed by atoms with Crippen molar-refractivity contribution in [1.29, 1.82) is 0 Å². The number of hydrogen-bond acceptors (Lipinski definition) is 0. The Morgan fingerprint density at radius 1 is 1.33 bits per heavy atom. The Morgan fingerprint density at radius 2 is 1.92 bits per heavy atom. The third kappa shape index (κ3) is 0.996. The molecule has 1 heteroatoms. The highest BCUT2D eigenvalue weighted by molar-refractivity contribution is 5.08. The zero-order valence-corrected chi connectivity index (χ0v) is 8.12. The van der Waals surface area contributed by atoms with Gasteiger partial charge in [0.25, 0.3) is 0 Å². The average molecular weight is 163 g/mol. The molecule has 1 aliphatic carbocycles. The molecule has 1 heterocycles. The standard InChI is InChI=1S/C11H17N/c1-9(2)11(3)8-10(11)12-6-4-5-7-12/h4-7,9-10H,8H2,1-3H3. The highest BCUT2D eigenvalue weighted by Gasteiger charge is 2.52. The second-order valence-electron chi connectivity index (χ2n) is 4.51. The summed E-state index contributed by atoms with van der Waals surface area (Å²) in [6.45, 7) is 7.04. The van der Waals surface area contributed by atoms with E-state index in [9.17, 15) is 0 Å². The monoisotopic (exact) mass is 163 g/mol. The van der Waals surface area contributed by atoms with Crippen LogP contribution in [0.3, 0.4) is 0 Å². The van der Waals surface area contributed by atoms with Gasteiger partial charge in [-0.25, -0.2) is 0 Å². The Labute approximate surface area is 74.4 Å². The van der Waals surface area contributed by atoms with Crippen molar-refractivity contribution in [2.75, 3.05) is 0 Å². The number of hydrogen-bond donors (Lipinski definition) is 0. The molecule has 0 aromatic carbocycles. The average Bonchev–Trinajstić information content (AvgIpc) is 2.49. The summed E-state index contributed by atoms with van der Waals surface area (Å²) in [7, 11) is 0. The normalized spacial score (nSPS) is 34.2. The van der Waals surface area contributed by atoms with E-state index in [4.69, 9.17) is 0 Å². The van der Waals surface area contributed by atoms with Crippen LogP contribution in [0.5, 0.6) is 0 Å². The fourth-order valence-corrected chi connectivity index (χ4v) is 1.98. The van der Waals surface area contributed by atoms with Gasteiger partial charge in [0.15, 0.2) is 0 Å². The molecule has 1 fully saturated rings. The predicted molar refractivity (Wildman–Crippen MR) is 51.0 cm³/mol. The molecule has 1 aromatic rings. The topological polar surface area (TPSA) is 4.93 Å². The maximum absolute atomic E-state index is 2.39. The van der Waals surface area contributed by atoms with Crippen molar-refractivity contribution in [3.05, 3.63) is 24.5 Å². The van der Waals surface area contributed by atoms with E-state index in [1.54, 1.807) is 0 Å². The Bertz CT molecular complexity index is 261. The molecule has 0 bridgehead atoms. The molecule has 1 aromatic heterocycles. The minimum Gasteiger partial charge on any atom is -0.351 e. The van der Waals surface area contributed by atoms with Crippen molar-refractivity contribution in [3.63, 3.8) is 0 Å². The first-order valence-corrected chi connectivity index (χ1v) is 4.77. The zero-order valence-electron chi connectivity index (χ0n) is 8.12. The Morgan fingerprint density at radius 3 is 2.33 bits per heavy atom. The molecule has 0 aliphatic heterocycles. The van der Waals surface area contributed by atoms with Crippen LogP contribution in [0.15, 0.2) is 24.5 Å². The Hall–Kier alpha value is -0.720. The molecule has 1 nitrogen and oxygen atoms in total. The minimum absolute atomic E-state index is 0.555. The van der Waals surface area contributed by atoms with Crippen molar-refractivity contribution >= 4 is 0 Å². The van der Waals surface area contributed by atoms with Gasteiger partial charge in [0, 0.05) is 18.4 Å². The summed E-state index contributed by atoms with van der Waals surface area (Å²) in [6.07, 6.45) is 5.70. The summed E-state index contributed by atoms with van der Waals surface area (Å²) in [5.41, 5.74) is 0.555. The lowest BCUT2D eigenvalue weighted by atomic mass is 9.94. The maximum atomic E-state index is 2.39. The number of nitrogens with zero attached hydrogens (tertiary/aromatic N) is 1. The SMILES string of the molecule is CC(C)C1(C)CC1n1cccc1. The van der Waals surface area contributed by atoms with Crippen molar-refractivity contribution in [2.24, 2.45) is 11.3 Å². The number of rotatable bonds is 2. The van der Waals surface area contributed by atoms with Crippen LogP contribution < -0.4 is 0 Å². The zero-order chi connectivity index (χ0) is 8.77. The van der Waals surface area contributed by atoms with Gasteiger partial charge in [-0.2, -0.15) is 0 Å². The van der Waals surface area contributed by atoms with Gasteiger partial charge in [0.2, 0.25) is 0 Å². The van der Waals surface area contributed by atoms with Gasteiger partial charge in [-0.15, -0.1) is 0 Å². The van der Waals surface area contributed by atoms with Gasteiger partial charge in [-0.05, 0) is 29.9 Å². The van der Waals surface area contributed by atoms with Gasteiger partial charge in [0.1, 0.15) is 0 Å². The molecule has 66 valence electrons. The summed E-state index contributed by atoms with van der Waals surface area (Å²) in [5, 5.41) is 0. The van der Waals surface area contributed by atoms with Crippen LogP contribution in [0.2, 0.25) is 0 Å². The highest BCUT2D eigenvalue weighted by atomic mass is 15.1. The second kappa shape index (κ2) is 2.38. The van der Waals surface area contributed by atoms with E-state index in [2.05, 4.69) is 49.9 Å². The lowest BCUT2D eigenvalue weighted by Gasteiger charge is -2.15. The second-order valence-corrected chi connectivity index (χ2v) is 4.51. The van der Waals surface area contributed by atoms with Crippen LogP contribution in [0.1, 0.15) is 33.2 Å². The smallest absolute Gasteiger partial charge is 0.0393 e. The minimum atomic E-state index is 0.555. The van der Waals surface area contributed by atoms with E-state index >= 15 is 0 Å². The Kier molecular flexibility index (Phi) is 1.57. The maximum Gasteiger partial charge on any atom is 0.0393 e. The van der Waals surface area contributed by atoms with Gasteiger partial charge in [-0.3, -0.25) is 0 Å². The molecule has 0 amide bonds. The van der Waals surface area contributed by atoms with Gasteiger partial charge in [0.05, 0.1) is 0 Å². The third-order valence-corrected chi connectivity index (χ3v) is 3.54. The third-order valence-electron chi connectivity index (χ3n) is 3.54. The molecule has 2 unspecified atom stereocenters. The molecule has 0 N–H and O–H groups in total. The van der Waals surface area contributed by atoms with E-state index in [1.165, 1.54) is 6.42 Å². The fourth-order valence-electron chi connectivity index (χ4n) is 1.98. The number of aromatic nitrogens is 1. The van der Waals surface area contributed by atoms with Gasteiger partial charge in [-0.1, -0.05) is 20.8 Å². The lowest BCUT2D eigenvalue weighted by Crippen LogP contribution is -2.09. The van der Waals surface area contributed by atoms with Crippen LogP contribution in [-0.4, -0.2) is 4.57 Å². The molecule has 0 spiro atoms. The molecule has 1 saturated carbocycles. The van der Waals surface area contributed by atoms with Crippen molar-refractivity contribution < 1.29 is 0 Å². The summed E-state index contributed by atoms with van der Waals surface area (Å²) >= 11 is 0. The van der Waals surface area contributed by atoms with Crippen LogP contribution in [0.25, 0.3) is 0 Å². The molecule has 2 rings (SSSR count).